The molecule has 0 spiro atoms. The summed E-state index contributed by atoms with van der Waals surface area (Å²) in [5, 5.41) is 7.26. The topological polar surface area (TPSA) is 49.3 Å². The van der Waals surface area contributed by atoms with Crippen LogP contribution in [-0.2, 0) is 6.42 Å². The lowest BCUT2D eigenvalue weighted by atomic mass is 9.89. The van der Waals surface area contributed by atoms with Crippen molar-refractivity contribution < 1.29 is 0 Å². The Hall–Kier alpha value is -0.560. The van der Waals surface area contributed by atoms with Gasteiger partial charge in [0.1, 0.15) is 5.15 Å². The Kier molecular flexibility index (Phi) is 9.20. The first-order valence-electron chi connectivity index (χ1n) is 8.24. The Morgan fingerprint density at radius 1 is 1.30 bits per heavy atom. The average Bonchev–Trinajstić information content (AvgIpc) is 2.94. The molecule has 0 bridgehead atoms. The lowest BCUT2D eigenvalue weighted by Crippen LogP contribution is -2.39. The van der Waals surface area contributed by atoms with Crippen molar-refractivity contribution in [3.63, 3.8) is 0 Å². The van der Waals surface area contributed by atoms with Crippen LogP contribution in [0.4, 0.5) is 0 Å². The van der Waals surface area contributed by atoms with Gasteiger partial charge in [-0.25, -0.2) is 4.98 Å². The zero-order valence-corrected chi connectivity index (χ0v) is 17.2. The minimum absolute atomic E-state index is 0. The van der Waals surface area contributed by atoms with E-state index in [2.05, 4.69) is 29.5 Å². The van der Waals surface area contributed by atoms with Gasteiger partial charge in [0.2, 0.25) is 0 Å². The lowest BCUT2D eigenvalue weighted by molar-refractivity contribution is 0.350. The summed E-state index contributed by atoms with van der Waals surface area (Å²) >= 11 is 5.80. The number of hydrogen-bond donors (Lipinski definition) is 2. The lowest BCUT2D eigenvalue weighted by Gasteiger charge is -2.21. The molecule has 6 heteroatoms. The van der Waals surface area contributed by atoms with Gasteiger partial charge in [-0.15, -0.1) is 24.0 Å². The van der Waals surface area contributed by atoms with Gasteiger partial charge < -0.3 is 10.6 Å². The second-order valence-electron chi connectivity index (χ2n) is 6.38. The summed E-state index contributed by atoms with van der Waals surface area (Å²) in [5.41, 5.74) is 1.57. The van der Waals surface area contributed by atoms with Crippen LogP contribution in [0.5, 0.6) is 0 Å². The van der Waals surface area contributed by atoms with Crippen LogP contribution in [0, 0.1) is 5.41 Å². The summed E-state index contributed by atoms with van der Waals surface area (Å²) in [5.74, 6) is 0.914. The van der Waals surface area contributed by atoms with Crippen LogP contribution in [0.15, 0.2) is 23.3 Å². The first-order chi connectivity index (χ1) is 10.6. The monoisotopic (exact) mass is 450 g/mol. The molecule has 1 aliphatic carbocycles. The predicted octanol–water partition coefficient (Wildman–Crippen LogP) is 4.03. The summed E-state index contributed by atoms with van der Waals surface area (Å²) in [7, 11) is 0. The highest BCUT2D eigenvalue weighted by Gasteiger charge is 2.28. The number of rotatable bonds is 6. The van der Waals surface area contributed by atoms with Gasteiger partial charge in [0, 0.05) is 25.8 Å². The van der Waals surface area contributed by atoms with Crippen LogP contribution < -0.4 is 10.6 Å². The molecule has 130 valence electrons. The van der Waals surface area contributed by atoms with Gasteiger partial charge in [-0.05, 0) is 43.2 Å². The molecule has 2 rings (SSSR count). The Balaban J connectivity index is 0.00000264. The van der Waals surface area contributed by atoms with Gasteiger partial charge >= 0.3 is 0 Å². The maximum Gasteiger partial charge on any atom is 0.191 e. The highest BCUT2D eigenvalue weighted by atomic mass is 127. The number of pyridine rings is 1. The van der Waals surface area contributed by atoms with E-state index >= 15 is 0 Å². The van der Waals surface area contributed by atoms with E-state index in [1.807, 2.05) is 18.3 Å². The molecule has 2 N–H and O–H groups in total. The van der Waals surface area contributed by atoms with Gasteiger partial charge in [-0.2, -0.15) is 0 Å². The number of aliphatic imine (C=N–C) groups is 1. The van der Waals surface area contributed by atoms with Crippen molar-refractivity contribution in [2.24, 2.45) is 10.4 Å². The van der Waals surface area contributed by atoms with Crippen molar-refractivity contribution in [1.82, 2.24) is 15.6 Å². The van der Waals surface area contributed by atoms with E-state index in [0.29, 0.717) is 10.6 Å². The highest BCUT2D eigenvalue weighted by molar-refractivity contribution is 14.0. The molecule has 0 unspecified atom stereocenters. The average molecular weight is 451 g/mol. The largest absolute Gasteiger partial charge is 0.357 e. The van der Waals surface area contributed by atoms with Gasteiger partial charge in [-0.1, -0.05) is 37.4 Å². The number of aromatic nitrogens is 1. The molecule has 1 heterocycles. The van der Waals surface area contributed by atoms with E-state index < -0.39 is 0 Å². The molecule has 0 amide bonds. The maximum atomic E-state index is 5.80. The van der Waals surface area contributed by atoms with E-state index in [1.54, 1.807) is 0 Å². The van der Waals surface area contributed by atoms with E-state index in [0.717, 1.165) is 32.0 Å². The second-order valence-corrected chi connectivity index (χ2v) is 6.77. The van der Waals surface area contributed by atoms with Crippen LogP contribution in [0.3, 0.4) is 0 Å². The molecule has 1 aromatic rings. The van der Waals surface area contributed by atoms with Crippen LogP contribution in [0.2, 0.25) is 5.15 Å². The zero-order valence-electron chi connectivity index (χ0n) is 14.1. The predicted molar refractivity (Wildman–Crippen MR) is 109 cm³/mol. The summed E-state index contributed by atoms with van der Waals surface area (Å²) in [6, 6.07) is 3.84. The van der Waals surface area contributed by atoms with Crippen molar-refractivity contribution in [2.45, 2.75) is 46.0 Å². The molecule has 0 saturated heterocycles. The minimum atomic E-state index is 0. The Morgan fingerprint density at radius 2 is 2.04 bits per heavy atom. The number of nitrogens with one attached hydrogen (secondary N) is 2. The molecule has 23 heavy (non-hydrogen) atoms. The van der Waals surface area contributed by atoms with Crippen LogP contribution in [-0.4, -0.2) is 30.6 Å². The molecule has 0 atom stereocenters. The van der Waals surface area contributed by atoms with Crippen molar-refractivity contribution >= 4 is 41.5 Å². The Morgan fingerprint density at radius 3 is 2.65 bits per heavy atom. The smallest absolute Gasteiger partial charge is 0.191 e. The van der Waals surface area contributed by atoms with Gasteiger partial charge in [0.15, 0.2) is 5.96 Å². The summed E-state index contributed by atoms with van der Waals surface area (Å²) in [4.78, 5) is 8.87. The van der Waals surface area contributed by atoms with Crippen LogP contribution in [0.25, 0.3) is 0 Å². The van der Waals surface area contributed by atoms with E-state index in [4.69, 9.17) is 16.6 Å². The summed E-state index contributed by atoms with van der Waals surface area (Å²) in [6.45, 7) is 7.08. The summed E-state index contributed by atoms with van der Waals surface area (Å²) < 4.78 is 0. The molecular weight excluding hydrogens is 423 g/mol. The van der Waals surface area contributed by atoms with Gasteiger partial charge in [-0.3, -0.25) is 4.99 Å². The number of nitrogens with zero attached hydrogens (tertiary/aromatic N) is 2. The van der Waals surface area contributed by atoms with Crippen LogP contribution >= 0.6 is 35.6 Å². The van der Waals surface area contributed by atoms with E-state index in [1.165, 1.54) is 31.2 Å². The number of hydrogen-bond acceptors (Lipinski definition) is 2. The molecule has 1 aliphatic rings. The fourth-order valence-electron chi connectivity index (χ4n) is 2.88. The molecule has 0 aromatic carbocycles. The number of halogens is 2. The quantitative estimate of drug-likeness (QED) is 0.298. The molecule has 1 aromatic heterocycles. The SMILES string of the molecule is CCNC(=NCC1(C)CCCC1)NCCc1ccc(Cl)nc1.I. The van der Waals surface area contributed by atoms with Crippen LogP contribution in [0.1, 0.15) is 45.1 Å². The molecule has 0 radical (unpaired) electrons. The fourth-order valence-corrected chi connectivity index (χ4v) is 2.99. The molecule has 1 fully saturated rings. The third kappa shape index (κ3) is 7.25. The Bertz CT molecular complexity index is 484. The van der Waals surface area contributed by atoms with Crippen molar-refractivity contribution in [3.8, 4) is 0 Å². The van der Waals surface area contributed by atoms with Gasteiger partial charge in [0.25, 0.3) is 0 Å². The normalized spacial score (nSPS) is 16.7. The number of guanidine groups is 1. The highest BCUT2D eigenvalue weighted by Crippen LogP contribution is 2.37. The zero-order chi connectivity index (χ0) is 15.8. The van der Waals surface area contributed by atoms with E-state index in [9.17, 15) is 0 Å². The molecule has 4 nitrogen and oxygen atoms in total. The molecule has 0 aliphatic heterocycles. The maximum absolute atomic E-state index is 5.80. The van der Waals surface area contributed by atoms with Crippen molar-refractivity contribution in [2.75, 3.05) is 19.6 Å². The summed E-state index contributed by atoms with van der Waals surface area (Å²) in [6.07, 6.45) is 8.03. The standard InChI is InChI=1S/C17H27ClN4.HI/c1-3-19-16(22-13-17(2)9-4-5-10-17)20-11-8-14-6-7-15(18)21-12-14;/h6-7,12H,3-5,8-11,13H2,1-2H3,(H2,19,20,22);1H. The van der Waals surface area contributed by atoms with E-state index in [-0.39, 0.29) is 24.0 Å². The Labute approximate surface area is 161 Å². The second kappa shape index (κ2) is 10.3. The molecular formula is C17H28ClIN4. The van der Waals surface area contributed by atoms with Gasteiger partial charge in [0.05, 0.1) is 0 Å². The minimum Gasteiger partial charge on any atom is -0.357 e. The fraction of sp³-hybridized carbons (Fsp3) is 0.647. The van der Waals surface area contributed by atoms with Crippen molar-refractivity contribution in [3.05, 3.63) is 29.0 Å². The third-order valence-electron chi connectivity index (χ3n) is 4.27. The third-order valence-corrected chi connectivity index (χ3v) is 4.49. The van der Waals surface area contributed by atoms with Crippen molar-refractivity contribution in [1.29, 1.82) is 0 Å². The first-order valence-corrected chi connectivity index (χ1v) is 8.62. The first kappa shape index (κ1) is 20.5. The molecule has 1 saturated carbocycles.